The number of alkyl halides is 2. The van der Waals surface area contributed by atoms with Crippen LogP contribution in [-0.4, -0.2) is 22.3 Å². The second-order valence-electron chi connectivity index (χ2n) is 4.91. The van der Waals surface area contributed by atoms with Crippen molar-refractivity contribution in [3.05, 3.63) is 69.7 Å². The van der Waals surface area contributed by atoms with Gasteiger partial charge in [0.1, 0.15) is 0 Å². The first-order valence-corrected chi connectivity index (χ1v) is 8.39. The Morgan fingerprint density at radius 1 is 0.696 bits per heavy atom. The van der Waals surface area contributed by atoms with E-state index in [1.165, 1.54) is 0 Å². The van der Waals surface area contributed by atoms with Gasteiger partial charge in [0.15, 0.2) is 11.6 Å². The highest BCUT2D eigenvalue weighted by molar-refractivity contribution is 6.38. The maximum absolute atomic E-state index is 12.2. The summed E-state index contributed by atoms with van der Waals surface area (Å²) < 4.78 is 0. The Labute approximate surface area is 154 Å². The topological polar surface area (TPSA) is 34.1 Å². The molecule has 0 radical (unpaired) electrons. The van der Waals surface area contributed by atoms with E-state index in [0.29, 0.717) is 21.2 Å². The maximum Gasteiger partial charge on any atom is 0.180 e. The molecule has 120 valence electrons. The Hall–Kier alpha value is -1.06. The minimum absolute atomic E-state index is 0.0338. The van der Waals surface area contributed by atoms with Crippen molar-refractivity contribution in [2.75, 3.05) is 0 Å². The van der Waals surface area contributed by atoms with Crippen molar-refractivity contribution in [3.8, 4) is 0 Å². The van der Waals surface area contributed by atoms with Crippen molar-refractivity contribution in [3.63, 3.8) is 0 Å². The van der Waals surface area contributed by atoms with Crippen LogP contribution in [-0.2, 0) is 0 Å². The Kier molecular flexibility index (Phi) is 6.49. The number of benzene rings is 2. The van der Waals surface area contributed by atoms with Gasteiger partial charge in [0, 0.05) is 21.2 Å². The van der Waals surface area contributed by atoms with Crippen LogP contribution in [0.1, 0.15) is 27.1 Å². The second kappa shape index (κ2) is 8.16. The Balaban J connectivity index is 2.02. The molecule has 0 fully saturated rings. The maximum atomic E-state index is 12.2. The summed E-state index contributed by atoms with van der Waals surface area (Å²) in [5.41, 5.74) is 0.856. The molecule has 0 amide bonds. The van der Waals surface area contributed by atoms with Gasteiger partial charge in [-0.05, 0) is 55.0 Å². The third-order valence-electron chi connectivity index (χ3n) is 3.24. The first-order chi connectivity index (χ1) is 10.9. The second-order valence-corrected chi connectivity index (χ2v) is 6.84. The van der Waals surface area contributed by atoms with E-state index in [4.69, 9.17) is 46.4 Å². The number of Topliss-reactive ketones (excluding diaryl/α,β-unsaturated/α-hetero) is 2. The van der Waals surface area contributed by atoms with E-state index in [1.54, 1.807) is 48.5 Å². The number of carbonyl (C=O) groups excluding carboxylic acids is 2. The molecule has 2 nitrogen and oxygen atoms in total. The number of hydrogen-bond acceptors (Lipinski definition) is 2. The van der Waals surface area contributed by atoms with Crippen LogP contribution in [0.5, 0.6) is 0 Å². The lowest BCUT2D eigenvalue weighted by Crippen LogP contribution is -2.24. The summed E-state index contributed by atoms with van der Waals surface area (Å²) in [6.45, 7) is 0. The van der Waals surface area contributed by atoms with E-state index >= 15 is 0 Å². The van der Waals surface area contributed by atoms with Gasteiger partial charge < -0.3 is 0 Å². The van der Waals surface area contributed by atoms with Gasteiger partial charge in [0.05, 0.1) is 10.8 Å². The number of rotatable bonds is 6. The van der Waals surface area contributed by atoms with Crippen LogP contribution in [0.3, 0.4) is 0 Å². The molecule has 2 atom stereocenters. The minimum Gasteiger partial charge on any atom is -0.293 e. The molecule has 0 aliphatic heterocycles. The molecule has 23 heavy (non-hydrogen) atoms. The monoisotopic (exact) mass is 388 g/mol. The molecule has 0 aromatic heterocycles. The summed E-state index contributed by atoms with van der Waals surface area (Å²) in [5, 5.41) is -0.730. The molecule has 0 spiro atoms. The molecule has 0 bridgehead atoms. The van der Waals surface area contributed by atoms with Crippen LogP contribution in [0.15, 0.2) is 48.5 Å². The van der Waals surface area contributed by atoms with Crippen LogP contribution < -0.4 is 0 Å². The Morgan fingerprint density at radius 3 is 1.30 bits per heavy atom. The lowest BCUT2D eigenvalue weighted by molar-refractivity contribution is 0.0963. The van der Waals surface area contributed by atoms with E-state index in [-0.39, 0.29) is 18.0 Å². The summed E-state index contributed by atoms with van der Waals surface area (Å²) in [4.78, 5) is 24.5. The van der Waals surface area contributed by atoms with Gasteiger partial charge in [0.2, 0.25) is 0 Å². The predicted molar refractivity (Wildman–Crippen MR) is 95.5 cm³/mol. The number of carbonyl (C=O) groups is 2. The summed E-state index contributed by atoms with van der Waals surface area (Å²) >= 11 is 23.8. The Morgan fingerprint density at radius 2 is 1.00 bits per heavy atom. The van der Waals surface area contributed by atoms with Crippen molar-refractivity contribution in [2.24, 2.45) is 0 Å². The highest BCUT2D eigenvalue weighted by Gasteiger charge is 2.25. The third kappa shape index (κ3) is 4.95. The third-order valence-corrected chi connectivity index (χ3v) is 4.50. The molecule has 2 unspecified atom stereocenters. The smallest absolute Gasteiger partial charge is 0.180 e. The number of hydrogen-bond donors (Lipinski definition) is 0. The molecule has 0 aliphatic rings. The largest absolute Gasteiger partial charge is 0.293 e. The van der Waals surface area contributed by atoms with E-state index in [0.717, 1.165) is 0 Å². The van der Waals surface area contributed by atoms with Gasteiger partial charge in [-0.1, -0.05) is 23.2 Å². The van der Waals surface area contributed by atoms with Crippen LogP contribution in [0.2, 0.25) is 10.0 Å². The van der Waals surface area contributed by atoms with Gasteiger partial charge >= 0.3 is 0 Å². The lowest BCUT2D eigenvalue weighted by Gasteiger charge is -2.13. The molecule has 0 aliphatic carbocycles. The average molecular weight is 390 g/mol. The van der Waals surface area contributed by atoms with Gasteiger partial charge in [-0.15, -0.1) is 23.2 Å². The van der Waals surface area contributed by atoms with Crippen LogP contribution in [0.25, 0.3) is 0 Å². The predicted octanol–water partition coefficient (Wildman–Crippen LogP) is 5.66. The fraction of sp³-hybridized carbons (Fsp3) is 0.176. The van der Waals surface area contributed by atoms with Gasteiger partial charge in [-0.2, -0.15) is 0 Å². The van der Waals surface area contributed by atoms with Crippen molar-refractivity contribution >= 4 is 58.0 Å². The van der Waals surface area contributed by atoms with E-state index in [1.807, 2.05) is 0 Å². The van der Waals surface area contributed by atoms with Crippen molar-refractivity contribution in [1.82, 2.24) is 0 Å². The molecular weight excluding hydrogens is 378 g/mol. The van der Waals surface area contributed by atoms with E-state index in [9.17, 15) is 9.59 Å². The van der Waals surface area contributed by atoms with Crippen molar-refractivity contribution in [2.45, 2.75) is 17.2 Å². The molecule has 2 aromatic carbocycles. The van der Waals surface area contributed by atoms with Crippen molar-refractivity contribution < 1.29 is 9.59 Å². The molecule has 0 saturated heterocycles. The number of halogens is 4. The lowest BCUT2D eigenvalue weighted by atomic mass is 10.0. The average Bonchev–Trinajstić information content (AvgIpc) is 2.54. The fourth-order valence-corrected chi connectivity index (χ4v) is 2.94. The van der Waals surface area contributed by atoms with Gasteiger partial charge in [0.25, 0.3) is 0 Å². The summed E-state index contributed by atoms with van der Waals surface area (Å²) in [6, 6.07) is 12.8. The van der Waals surface area contributed by atoms with Crippen LogP contribution in [0, 0.1) is 0 Å². The van der Waals surface area contributed by atoms with Gasteiger partial charge in [-0.3, -0.25) is 9.59 Å². The zero-order valence-electron chi connectivity index (χ0n) is 11.8. The van der Waals surface area contributed by atoms with Crippen molar-refractivity contribution in [1.29, 1.82) is 0 Å². The van der Waals surface area contributed by atoms with E-state index < -0.39 is 10.8 Å². The zero-order chi connectivity index (χ0) is 17.0. The highest BCUT2D eigenvalue weighted by Crippen LogP contribution is 2.21. The molecule has 2 aromatic rings. The summed E-state index contributed by atoms with van der Waals surface area (Å²) in [7, 11) is 0. The quantitative estimate of drug-likeness (QED) is 0.471. The molecule has 0 N–H and O–H groups in total. The number of ketones is 2. The van der Waals surface area contributed by atoms with E-state index in [2.05, 4.69) is 0 Å². The first kappa shape index (κ1) is 18.3. The van der Waals surface area contributed by atoms with Gasteiger partial charge in [-0.25, -0.2) is 0 Å². The minimum atomic E-state index is -0.894. The summed E-state index contributed by atoms with van der Waals surface area (Å²) in [6.07, 6.45) is 0.0338. The fourth-order valence-electron chi connectivity index (χ4n) is 1.99. The standard InChI is InChI=1S/C17H12Cl4O2/c18-12-5-1-10(2-6-12)16(22)14(20)9-15(21)17(23)11-3-7-13(19)8-4-11/h1-8,14-15H,9H2. The molecule has 6 heteroatoms. The molecule has 0 saturated carbocycles. The summed E-state index contributed by atoms with van der Waals surface area (Å²) in [5.74, 6) is -0.587. The molecule has 2 rings (SSSR count). The molecule has 0 heterocycles. The first-order valence-electron chi connectivity index (χ1n) is 6.76. The normalized spacial score (nSPS) is 13.4. The zero-order valence-corrected chi connectivity index (χ0v) is 14.8. The van der Waals surface area contributed by atoms with Crippen LogP contribution in [0.4, 0.5) is 0 Å². The highest BCUT2D eigenvalue weighted by atomic mass is 35.5. The van der Waals surface area contributed by atoms with Crippen LogP contribution >= 0.6 is 46.4 Å². The molecular formula is C17H12Cl4O2. The SMILES string of the molecule is O=C(c1ccc(Cl)cc1)C(Cl)CC(Cl)C(=O)c1ccc(Cl)cc1. The Bertz CT molecular complexity index is 634.